The largest absolute Gasteiger partial charge is 0.464 e. The number of ketones is 1. The first kappa shape index (κ1) is 18.7. The Kier molecular flexibility index (Phi) is 5.33. The first-order valence-corrected chi connectivity index (χ1v) is 8.22. The molecular weight excluding hydrogens is 322 g/mol. The number of ether oxygens (including phenoxy) is 2. The number of Topliss-reactive ketones (excluding diaryl/α,β-unsaturated/α-hetero) is 1. The number of aromatic nitrogens is 1. The molecule has 1 aliphatic heterocycles. The number of carbonyl (C=O) groups is 2. The highest BCUT2D eigenvalue weighted by atomic mass is 16.5. The summed E-state index contributed by atoms with van der Waals surface area (Å²) in [6.45, 7) is 9.03. The number of nitriles is 1. The molecule has 0 amide bonds. The smallest absolute Gasteiger partial charge is 0.339 e. The van der Waals surface area contributed by atoms with Crippen molar-refractivity contribution in [3.63, 3.8) is 0 Å². The summed E-state index contributed by atoms with van der Waals surface area (Å²) in [7, 11) is 0. The molecule has 25 heavy (non-hydrogen) atoms. The van der Waals surface area contributed by atoms with E-state index >= 15 is 0 Å². The monoisotopic (exact) mass is 345 g/mol. The van der Waals surface area contributed by atoms with Gasteiger partial charge in [0.25, 0.3) is 0 Å². The van der Waals surface area contributed by atoms with Gasteiger partial charge in [0.1, 0.15) is 11.9 Å². The van der Waals surface area contributed by atoms with Gasteiger partial charge in [-0.3, -0.25) is 4.79 Å². The average molecular weight is 345 g/mol. The molecule has 1 aliphatic rings. The Hall–Kier alpha value is -2.59. The number of esters is 1. The van der Waals surface area contributed by atoms with Crippen LogP contribution in [0.5, 0.6) is 0 Å². The first-order chi connectivity index (χ1) is 11.9. The quantitative estimate of drug-likeness (QED) is 0.794. The first-order valence-electron chi connectivity index (χ1n) is 8.22. The highest BCUT2D eigenvalue weighted by Crippen LogP contribution is 2.41. The topological polar surface area (TPSA) is 93.3 Å². The maximum absolute atomic E-state index is 13.0. The summed E-state index contributed by atoms with van der Waals surface area (Å²) in [5.74, 6) is -0.374. The molecule has 2 rings (SSSR count). The van der Waals surface area contributed by atoms with Gasteiger partial charge in [0, 0.05) is 18.5 Å². The van der Waals surface area contributed by atoms with Crippen molar-refractivity contribution in [2.75, 3.05) is 25.1 Å². The maximum Gasteiger partial charge on any atom is 0.339 e. The summed E-state index contributed by atoms with van der Waals surface area (Å²) in [6.07, 6.45) is 1.48. The van der Waals surface area contributed by atoms with E-state index in [1.165, 1.54) is 13.1 Å². The van der Waals surface area contributed by atoms with Gasteiger partial charge in [0.2, 0.25) is 0 Å². The summed E-state index contributed by atoms with van der Waals surface area (Å²) in [4.78, 5) is 25.4. The fourth-order valence-corrected chi connectivity index (χ4v) is 3.23. The van der Waals surface area contributed by atoms with Crippen LogP contribution in [0, 0.1) is 25.2 Å². The zero-order chi connectivity index (χ0) is 18.8. The number of fused-ring (bicyclic) bond motifs is 1. The van der Waals surface area contributed by atoms with E-state index < -0.39 is 11.5 Å². The third-order valence-electron chi connectivity index (χ3n) is 4.51. The van der Waals surface area contributed by atoms with E-state index in [1.807, 2.05) is 20.8 Å². The Morgan fingerprint density at radius 1 is 1.32 bits per heavy atom. The highest BCUT2D eigenvalue weighted by molar-refractivity contribution is 6.04. The average Bonchev–Trinajstić information content (AvgIpc) is 2.83. The van der Waals surface area contributed by atoms with E-state index in [1.54, 1.807) is 11.5 Å². The lowest BCUT2D eigenvalue weighted by atomic mass is 9.86. The Bertz CT molecular complexity index is 785. The van der Waals surface area contributed by atoms with Crippen molar-refractivity contribution in [2.45, 2.75) is 40.2 Å². The normalized spacial score (nSPS) is 18.6. The molecule has 7 heteroatoms. The summed E-state index contributed by atoms with van der Waals surface area (Å²) in [5, 5.41) is 12.5. The van der Waals surface area contributed by atoms with E-state index in [4.69, 9.17) is 9.47 Å². The second-order valence-corrected chi connectivity index (χ2v) is 5.86. The summed E-state index contributed by atoms with van der Waals surface area (Å²) in [5.41, 5.74) is 0.672. The number of anilines is 1. The SMILES string of the molecule is CCOCC1(C(=O)OCC)C(C(C)=O)=CNc2c(C#N)c(C)c(C)n21. The Labute approximate surface area is 147 Å². The third kappa shape index (κ3) is 2.72. The minimum atomic E-state index is -1.46. The van der Waals surface area contributed by atoms with Gasteiger partial charge >= 0.3 is 5.97 Å². The van der Waals surface area contributed by atoms with Crippen molar-refractivity contribution < 1.29 is 19.1 Å². The van der Waals surface area contributed by atoms with Crippen LogP contribution >= 0.6 is 0 Å². The lowest BCUT2D eigenvalue weighted by Gasteiger charge is -2.39. The van der Waals surface area contributed by atoms with E-state index in [0.717, 1.165) is 5.56 Å². The lowest BCUT2D eigenvalue weighted by molar-refractivity contribution is -0.156. The molecule has 134 valence electrons. The minimum absolute atomic E-state index is 0.0533. The Morgan fingerprint density at radius 3 is 2.52 bits per heavy atom. The van der Waals surface area contributed by atoms with E-state index in [2.05, 4.69) is 11.4 Å². The van der Waals surface area contributed by atoms with Crippen LogP contribution in [0.3, 0.4) is 0 Å². The fourth-order valence-electron chi connectivity index (χ4n) is 3.23. The molecule has 0 bridgehead atoms. The molecule has 1 atom stereocenters. The van der Waals surface area contributed by atoms with E-state index in [-0.39, 0.29) is 24.6 Å². The molecule has 0 fully saturated rings. The molecule has 0 saturated heterocycles. The zero-order valence-corrected chi connectivity index (χ0v) is 15.2. The van der Waals surface area contributed by atoms with Crippen LogP contribution in [0.15, 0.2) is 11.8 Å². The molecule has 0 saturated carbocycles. The second-order valence-electron chi connectivity index (χ2n) is 5.86. The standard InChI is InChI=1S/C18H23N3O4/c1-6-24-10-18(17(23)25-7-2)15(13(5)22)9-20-16-14(8-19)11(3)12(4)21(16)18/h9,20H,6-7,10H2,1-5H3. The minimum Gasteiger partial charge on any atom is -0.464 e. The van der Waals surface area contributed by atoms with Gasteiger partial charge in [0.15, 0.2) is 11.3 Å². The molecule has 1 unspecified atom stereocenters. The van der Waals surface area contributed by atoms with Gasteiger partial charge in [-0.15, -0.1) is 0 Å². The molecule has 1 N–H and O–H groups in total. The molecule has 0 aliphatic carbocycles. The van der Waals surface area contributed by atoms with Crippen LogP contribution in [0.25, 0.3) is 0 Å². The highest BCUT2D eigenvalue weighted by Gasteiger charge is 2.52. The lowest BCUT2D eigenvalue weighted by Crippen LogP contribution is -2.53. The molecule has 7 nitrogen and oxygen atoms in total. The van der Waals surface area contributed by atoms with Crippen LogP contribution in [-0.2, 0) is 24.6 Å². The molecule has 1 aromatic heterocycles. The van der Waals surface area contributed by atoms with Gasteiger partial charge in [0.05, 0.1) is 24.4 Å². The number of nitrogens with one attached hydrogen (secondary N) is 1. The molecule has 1 aromatic rings. The molecule has 0 spiro atoms. The van der Waals surface area contributed by atoms with Crippen LogP contribution in [0.1, 0.15) is 37.6 Å². The Morgan fingerprint density at radius 2 is 2.00 bits per heavy atom. The predicted molar refractivity (Wildman–Crippen MR) is 92.1 cm³/mol. The number of nitrogens with zero attached hydrogens (tertiary/aromatic N) is 2. The number of hydrogen-bond donors (Lipinski definition) is 1. The van der Waals surface area contributed by atoms with Crippen molar-refractivity contribution in [1.82, 2.24) is 4.57 Å². The number of hydrogen-bond acceptors (Lipinski definition) is 6. The van der Waals surface area contributed by atoms with Crippen LogP contribution in [0.4, 0.5) is 5.82 Å². The molecule has 0 aromatic carbocycles. The van der Waals surface area contributed by atoms with Crippen LogP contribution in [-0.4, -0.2) is 36.1 Å². The van der Waals surface area contributed by atoms with Gasteiger partial charge in [-0.05, 0) is 40.2 Å². The molecule has 0 radical (unpaired) electrons. The van der Waals surface area contributed by atoms with Gasteiger partial charge in [-0.1, -0.05) is 0 Å². The summed E-state index contributed by atoms with van der Waals surface area (Å²) < 4.78 is 12.6. The maximum atomic E-state index is 13.0. The molecular formula is C18H23N3O4. The van der Waals surface area contributed by atoms with Crippen LogP contribution < -0.4 is 5.32 Å². The zero-order valence-electron chi connectivity index (χ0n) is 15.2. The van der Waals surface area contributed by atoms with Gasteiger partial charge < -0.3 is 19.4 Å². The van der Waals surface area contributed by atoms with Crippen molar-refractivity contribution in [3.05, 3.63) is 28.6 Å². The number of carbonyl (C=O) groups excluding carboxylic acids is 2. The Balaban J connectivity index is 2.85. The van der Waals surface area contributed by atoms with Crippen molar-refractivity contribution in [1.29, 1.82) is 5.26 Å². The van der Waals surface area contributed by atoms with Crippen molar-refractivity contribution in [2.24, 2.45) is 0 Å². The van der Waals surface area contributed by atoms with E-state index in [9.17, 15) is 14.9 Å². The predicted octanol–water partition coefficient (Wildman–Crippen LogP) is 2.17. The summed E-state index contributed by atoms with van der Waals surface area (Å²) in [6, 6.07) is 2.16. The van der Waals surface area contributed by atoms with E-state index in [0.29, 0.717) is 23.7 Å². The van der Waals surface area contributed by atoms with Gasteiger partial charge in [-0.2, -0.15) is 5.26 Å². The van der Waals surface area contributed by atoms with Crippen LogP contribution in [0.2, 0.25) is 0 Å². The van der Waals surface area contributed by atoms with Gasteiger partial charge in [-0.25, -0.2) is 4.79 Å². The molecule has 2 heterocycles. The fraction of sp³-hybridized carbons (Fsp3) is 0.500. The summed E-state index contributed by atoms with van der Waals surface area (Å²) >= 11 is 0. The third-order valence-corrected chi connectivity index (χ3v) is 4.51. The number of rotatable bonds is 6. The second kappa shape index (κ2) is 7.11. The van der Waals surface area contributed by atoms with Crippen molar-refractivity contribution in [3.8, 4) is 6.07 Å². The van der Waals surface area contributed by atoms with Crippen molar-refractivity contribution >= 4 is 17.6 Å².